The number of hydrogen-bond donors (Lipinski definition) is 4. The summed E-state index contributed by atoms with van der Waals surface area (Å²) < 4.78 is 28.2. The van der Waals surface area contributed by atoms with E-state index >= 15 is 0 Å². The van der Waals surface area contributed by atoms with E-state index in [1.165, 1.54) is 24.0 Å². The van der Waals surface area contributed by atoms with Crippen molar-refractivity contribution in [1.82, 2.24) is 25.1 Å². The Labute approximate surface area is 218 Å². The van der Waals surface area contributed by atoms with Gasteiger partial charge >= 0.3 is 12.1 Å². The van der Waals surface area contributed by atoms with Crippen molar-refractivity contribution >= 4 is 35.9 Å². The fraction of sp³-hybridized carbons (Fsp3) is 0.375. The van der Waals surface area contributed by atoms with Crippen LogP contribution in [0, 0.1) is 33.8 Å². The maximum atomic E-state index is 14.3. The molecule has 0 radical (unpaired) electrons. The average molecular weight is 527 g/mol. The lowest BCUT2D eigenvalue weighted by Gasteiger charge is -2.35. The summed E-state index contributed by atoms with van der Waals surface area (Å²) in [6.45, 7) is 4.54. The third-order valence-corrected chi connectivity index (χ3v) is 5.88. The summed E-state index contributed by atoms with van der Waals surface area (Å²) in [4.78, 5) is 37.8. The van der Waals surface area contributed by atoms with E-state index in [4.69, 9.17) is 16.1 Å². The molecule has 3 rings (SSSR count). The Balaban J connectivity index is 1.65. The fourth-order valence-electron chi connectivity index (χ4n) is 3.92. The zero-order valence-corrected chi connectivity index (χ0v) is 21.0. The monoisotopic (exact) mass is 526 g/mol. The number of halogens is 2. The Hall–Kier alpha value is -4.67. The Kier molecular flexibility index (Phi) is 9.20. The van der Waals surface area contributed by atoms with Crippen LogP contribution in [0.5, 0.6) is 0 Å². The zero-order valence-electron chi connectivity index (χ0n) is 21.0. The lowest BCUT2D eigenvalue weighted by Crippen LogP contribution is -2.52. The smallest absolute Gasteiger partial charge is 0.328 e. The maximum Gasteiger partial charge on any atom is 0.328 e. The normalized spacial score (nSPS) is 13.8. The molecular formula is C24H28F2N10O2. The second-order valence-corrected chi connectivity index (χ2v) is 8.43. The minimum atomic E-state index is -0.826. The molecule has 2 aromatic rings. The molecule has 12 nitrogen and oxygen atoms in total. The summed E-state index contributed by atoms with van der Waals surface area (Å²) >= 11 is 0. The molecule has 0 aliphatic carbocycles. The molecule has 38 heavy (non-hydrogen) atoms. The Bertz CT molecular complexity index is 1260. The highest BCUT2D eigenvalue weighted by Gasteiger charge is 2.26. The van der Waals surface area contributed by atoms with Crippen molar-refractivity contribution in [2.75, 3.05) is 42.9 Å². The number of piperazine rings is 1. The number of nitrogens with zero attached hydrogens (tertiary/aromatic N) is 6. The second kappa shape index (κ2) is 12.5. The summed E-state index contributed by atoms with van der Waals surface area (Å²) in [5.41, 5.74) is 0.495. The van der Waals surface area contributed by atoms with Crippen LogP contribution in [0.25, 0.3) is 0 Å². The molecule has 14 heteroatoms. The largest absolute Gasteiger partial charge is 0.337 e. The van der Waals surface area contributed by atoms with Gasteiger partial charge in [0.1, 0.15) is 11.7 Å². The van der Waals surface area contributed by atoms with Crippen molar-refractivity contribution in [3.05, 3.63) is 47.2 Å². The first-order valence-corrected chi connectivity index (χ1v) is 11.8. The molecule has 1 atom stereocenters. The first-order chi connectivity index (χ1) is 18.2. The van der Waals surface area contributed by atoms with Crippen LogP contribution in [0.3, 0.4) is 0 Å². The first-order valence-electron chi connectivity index (χ1n) is 11.8. The van der Waals surface area contributed by atoms with Crippen LogP contribution in [-0.4, -0.2) is 76.6 Å². The highest BCUT2D eigenvalue weighted by molar-refractivity contribution is 6.01. The summed E-state index contributed by atoms with van der Waals surface area (Å²) in [5.74, 6) is -1.59. The number of amides is 4. The van der Waals surface area contributed by atoms with E-state index in [1.807, 2.05) is 6.07 Å². The Morgan fingerprint density at radius 1 is 1.26 bits per heavy atom. The van der Waals surface area contributed by atoms with Gasteiger partial charge in [-0.05, 0) is 43.8 Å². The predicted molar refractivity (Wildman–Crippen MR) is 136 cm³/mol. The quantitative estimate of drug-likeness (QED) is 0.320. The van der Waals surface area contributed by atoms with Crippen molar-refractivity contribution in [2.45, 2.75) is 26.3 Å². The molecule has 1 aliphatic heterocycles. The van der Waals surface area contributed by atoms with E-state index in [1.54, 1.807) is 11.8 Å². The molecule has 200 valence electrons. The van der Waals surface area contributed by atoms with Gasteiger partial charge in [-0.2, -0.15) is 10.2 Å². The van der Waals surface area contributed by atoms with Gasteiger partial charge in [-0.1, -0.05) is 0 Å². The van der Waals surface area contributed by atoms with Gasteiger partial charge in [0, 0.05) is 39.1 Å². The summed E-state index contributed by atoms with van der Waals surface area (Å²) in [7, 11) is 0. The van der Waals surface area contributed by atoms with Crippen molar-refractivity contribution in [2.24, 2.45) is 0 Å². The highest BCUT2D eigenvalue weighted by Crippen LogP contribution is 2.21. The molecule has 2 heterocycles. The van der Waals surface area contributed by atoms with Crippen molar-refractivity contribution in [3.8, 4) is 6.07 Å². The van der Waals surface area contributed by atoms with Crippen molar-refractivity contribution in [1.29, 1.82) is 16.1 Å². The van der Waals surface area contributed by atoms with Crippen LogP contribution >= 0.6 is 0 Å². The standard InChI is InChI=1S/C24H28F2N10O2/c1-3-36(15(2)29)24(38)33-21-19(26)14-30-22(32-21)34-6-8-35(9-7-34)23(37)31-20(4-5-27)17-10-16(13-28)11-18(25)12-17/h5,10-12,14,20,27,29H,3-4,6-9H2,1-2H3,(H,31,37)(H,30,32,33,38)/t20-/m0/s1. The molecule has 1 aromatic heterocycles. The summed E-state index contributed by atoms with van der Waals surface area (Å²) in [5, 5.41) is 29.4. The minimum Gasteiger partial charge on any atom is -0.337 e. The Morgan fingerprint density at radius 2 is 1.97 bits per heavy atom. The predicted octanol–water partition coefficient (Wildman–Crippen LogP) is 3.09. The first kappa shape index (κ1) is 27.9. The molecule has 0 bridgehead atoms. The number of carbonyl (C=O) groups is 2. The summed E-state index contributed by atoms with van der Waals surface area (Å²) in [6.07, 6.45) is 2.16. The van der Waals surface area contributed by atoms with Gasteiger partial charge < -0.3 is 20.5 Å². The SMILES string of the molecule is CCN(C(C)=N)C(=O)Nc1nc(N2CCN(C(=O)N[C@@H](CC=N)c3cc(F)cc(C#N)c3)CC2)ncc1F. The second-order valence-electron chi connectivity index (χ2n) is 8.43. The van der Waals surface area contributed by atoms with E-state index in [-0.39, 0.29) is 49.2 Å². The topological polar surface area (TPSA) is 165 Å². The molecule has 1 fully saturated rings. The van der Waals surface area contributed by atoms with Gasteiger partial charge in [0.15, 0.2) is 11.6 Å². The molecule has 0 saturated carbocycles. The van der Waals surface area contributed by atoms with Gasteiger partial charge in [-0.15, -0.1) is 0 Å². The number of anilines is 2. The van der Waals surface area contributed by atoms with Crippen molar-refractivity contribution < 1.29 is 18.4 Å². The maximum absolute atomic E-state index is 14.3. The lowest BCUT2D eigenvalue weighted by molar-refractivity contribution is 0.190. The number of aromatic nitrogens is 2. The van der Waals surface area contributed by atoms with Crippen LogP contribution in [0.1, 0.15) is 37.4 Å². The highest BCUT2D eigenvalue weighted by atomic mass is 19.1. The van der Waals surface area contributed by atoms with Gasteiger partial charge in [-0.25, -0.2) is 23.4 Å². The van der Waals surface area contributed by atoms with Crippen LogP contribution in [0.2, 0.25) is 0 Å². The van der Waals surface area contributed by atoms with Gasteiger partial charge in [0.05, 0.1) is 23.9 Å². The number of hydrogen-bond acceptors (Lipinski definition) is 8. The van der Waals surface area contributed by atoms with Gasteiger partial charge in [0.25, 0.3) is 0 Å². The lowest BCUT2D eigenvalue weighted by atomic mass is 10.0. The fourth-order valence-corrected chi connectivity index (χ4v) is 3.92. The number of rotatable bonds is 7. The average Bonchev–Trinajstić information content (AvgIpc) is 2.89. The van der Waals surface area contributed by atoms with E-state index in [9.17, 15) is 18.4 Å². The van der Waals surface area contributed by atoms with Crippen LogP contribution < -0.4 is 15.5 Å². The number of nitriles is 1. The number of amidine groups is 1. The number of carbonyl (C=O) groups excluding carboxylic acids is 2. The molecule has 1 aliphatic rings. The van der Waals surface area contributed by atoms with Crippen molar-refractivity contribution in [3.63, 3.8) is 0 Å². The van der Waals surface area contributed by atoms with Crippen LogP contribution in [-0.2, 0) is 0 Å². The number of benzene rings is 1. The molecule has 4 amide bonds. The minimum absolute atomic E-state index is 0.000144. The third-order valence-electron chi connectivity index (χ3n) is 5.88. The van der Waals surface area contributed by atoms with E-state index in [0.29, 0.717) is 18.7 Å². The number of nitrogens with one attached hydrogen (secondary N) is 4. The molecule has 4 N–H and O–H groups in total. The van der Waals surface area contributed by atoms with E-state index in [0.717, 1.165) is 23.4 Å². The molecule has 0 spiro atoms. The molecule has 1 aromatic carbocycles. The summed E-state index contributed by atoms with van der Waals surface area (Å²) in [6, 6.07) is 3.86. The van der Waals surface area contributed by atoms with Crippen LogP contribution in [0.15, 0.2) is 24.4 Å². The van der Waals surface area contributed by atoms with E-state index in [2.05, 4.69) is 20.6 Å². The zero-order chi connectivity index (χ0) is 27.8. The van der Waals surface area contributed by atoms with Gasteiger partial charge in [0.2, 0.25) is 5.95 Å². The Morgan fingerprint density at radius 3 is 2.58 bits per heavy atom. The number of urea groups is 2. The van der Waals surface area contributed by atoms with Gasteiger partial charge in [-0.3, -0.25) is 15.6 Å². The third kappa shape index (κ3) is 6.75. The molecular weight excluding hydrogens is 498 g/mol. The molecule has 0 unspecified atom stereocenters. The van der Waals surface area contributed by atoms with E-state index < -0.39 is 29.7 Å². The van der Waals surface area contributed by atoms with Crippen LogP contribution in [0.4, 0.5) is 30.1 Å². The molecule has 1 saturated heterocycles.